The van der Waals surface area contributed by atoms with Gasteiger partial charge in [-0.2, -0.15) is 0 Å². The molecule has 1 fully saturated rings. The van der Waals surface area contributed by atoms with E-state index in [4.69, 9.17) is 23.9 Å². The van der Waals surface area contributed by atoms with Gasteiger partial charge in [-0.25, -0.2) is 9.78 Å². The molecule has 6 rings (SSSR count). The fraction of sp³-hybridized carbons (Fsp3) is 0.435. The molecule has 10 nitrogen and oxygen atoms in total. The minimum atomic E-state index is -1.20. The minimum absolute atomic E-state index is 0.0378. The van der Waals surface area contributed by atoms with Crippen LogP contribution in [0.15, 0.2) is 79.0 Å². The number of imidazole rings is 1. The average molecular weight is 764 g/mol. The molecule has 3 heterocycles. The number of aliphatic carboxylic acids is 1. The molecule has 56 heavy (non-hydrogen) atoms. The Balaban J connectivity index is 1.24. The van der Waals surface area contributed by atoms with Gasteiger partial charge in [0.15, 0.2) is 6.10 Å². The van der Waals surface area contributed by atoms with Gasteiger partial charge in [-0.15, -0.1) is 0 Å². The van der Waals surface area contributed by atoms with Crippen molar-refractivity contribution in [1.29, 1.82) is 0 Å². The van der Waals surface area contributed by atoms with Crippen LogP contribution >= 0.6 is 0 Å². The Labute approximate surface area is 331 Å². The Morgan fingerprint density at radius 2 is 1.64 bits per heavy atom. The molecule has 1 aliphatic heterocycles. The summed E-state index contributed by atoms with van der Waals surface area (Å²) in [5.41, 5.74) is 7.39. The summed E-state index contributed by atoms with van der Waals surface area (Å²) in [6.45, 7) is 18.9. The number of fused-ring (bicyclic) bond motifs is 1. The average Bonchev–Trinajstić information content (AvgIpc) is 3.61. The molecular weight excluding hydrogens is 707 g/mol. The van der Waals surface area contributed by atoms with E-state index in [0.29, 0.717) is 45.1 Å². The number of anilines is 1. The molecule has 3 aromatic carbocycles. The van der Waals surface area contributed by atoms with E-state index in [1.807, 2.05) is 126 Å². The quantitative estimate of drug-likeness (QED) is 0.101. The molecule has 5 aromatic rings. The predicted molar refractivity (Wildman–Crippen MR) is 220 cm³/mol. The van der Waals surface area contributed by atoms with Gasteiger partial charge in [0.1, 0.15) is 17.2 Å². The molecule has 2 N–H and O–H groups in total. The van der Waals surface area contributed by atoms with E-state index in [0.717, 1.165) is 68.9 Å². The van der Waals surface area contributed by atoms with E-state index in [1.54, 1.807) is 6.07 Å². The van der Waals surface area contributed by atoms with Crippen molar-refractivity contribution in [2.45, 2.75) is 98.2 Å². The molecule has 1 saturated heterocycles. The Morgan fingerprint density at radius 1 is 0.929 bits per heavy atom. The molecule has 298 valence electrons. The fourth-order valence-electron chi connectivity index (χ4n) is 7.36. The second-order valence-corrected chi connectivity index (χ2v) is 16.3. The van der Waals surface area contributed by atoms with E-state index in [-0.39, 0.29) is 17.5 Å². The number of carboxylic acids is 1. The number of phenolic OH excluding ortho intramolecular Hbond substituents is 1. The molecule has 0 radical (unpaired) electrons. The van der Waals surface area contributed by atoms with Gasteiger partial charge in [0.25, 0.3) is 0 Å². The number of benzene rings is 3. The van der Waals surface area contributed by atoms with Gasteiger partial charge in [-0.05, 0) is 108 Å². The predicted octanol–water partition coefficient (Wildman–Crippen LogP) is 9.24. The summed E-state index contributed by atoms with van der Waals surface area (Å²) in [5.74, 6) is -0.0546. The molecular formula is C46H57N3O7. The first-order chi connectivity index (χ1) is 26.6. The lowest BCUT2D eigenvalue weighted by Crippen LogP contribution is -2.46. The summed E-state index contributed by atoms with van der Waals surface area (Å²) in [7, 11) is 0. The maximum Gasteiger partial charge on any atom is 0.337 e. The van der Waals surface area contributed by atoms with E-state index in [9.17, 15) is 15.0 Å². The van der Waals surface area contributed by atoms with E-state index >= 15 is 0 Å². The van der Waals surface area contributed by atoms with Crippen LogP contribution in [-0.4, -0.2) is 75.8 Å². The zero-order valence-corrected chi connectivity index (χ0v) is 34.1. The molecule has 2 atom stereocenters. The van der Waals surface area contributed by atoms with Crippen molar-refractivity contribution < 1.29 is 34.0 Å². The normalized spacial score (nSPS) is 15.6. The number of aromatic nitrogens is 2. The van der Waals surface area contributed by atoms with Gasteiger partial charge in [-0.3, -0.25) is 4.40 Å². The van der Waals surface area contributed by atoms with Crippen molar-refractivity contribution in [2.24, 2.45) is 0 Å². The Bertz CT molecular complexity index is 2130. The third-order valence-electron chi connectivity index (χ3n) is 10.6. The van der Waals surface area contributed by atoms with E-state index < -0.39 is 17.7 Å². The number of aryl methyl sites for hydroxylation is 2. The van der Waals surface area contributed by atoms with Crippen LogP contribution in [0.3, 0.4) is 0 Å². The van der Waals surface area contributed by atoms with Gasteiger partial charge in [0, 0.05) is 36.0 Å². The van der Waals surface area contributed by atoms with Crippen molar-refractivity contribution in [3.8, 4) is 28.1 Å². The molecule has 2 unspecified atom stereocenters. The topological polar surface area (TPSA) is 115 Å². The lowest BCUT2D eigenvalue weighted by Gasteiger charge is -2.42. The van der Waals surface area contributed by atoms with Gasteiger partial charge < -0.3 is 34.1 Å². The van der Waals surface area contributed by atoms with Crippen LogP contribution in [0, 0.1) is 20.8 Å². The number of hydrogen-bond donors (Lipinski definition) is 2. The Hall–Kier alpha value is -4.74. The van der Waals surface area contributed by atoms with Crippen molar-refractivity contribution in [1.82, 2.24) is 9.38 Å². The highest BCUT2D eigenvalue weighted by Gasteiger charge is 2.38. The Morgan fingerprint density at radius 3 is 2.32 bits per heavy atom. The third kappa shape index (κ3) is 9.61. The second-order valence-electron chi connectivity index (χ2n) is 16.3. The van der Waals surface area contributed by atoms with Crippen molar-refractivity contribution in [3.05, 3.63) is 107 Å². The first kappa shape index (κ1) is 40.9. The standard InChI is InChI=1S/C46H57N3O7/c1-30-17-18-37(39(50)25-30)35-15-12-16-36(26-35)38-27-49-42(47-38)33(4)32(3)40(41(44(51)52)56-45(5,6)7)43(49)48-21-19-46(8,20-22-48)55-24-23-53-28-31(2)54-29-34-13-10-9-11-14-34/h9-18,25-27,31,41,50H,19-24,28-29H2,1-8H3,(H,51,52). The number of aromatic hydroxyl groups is 1. The molecule has 0 bridgehead atoms. The molecule has 10 heteroatoms. The number of piperidine rings is 1. The van der Waals surface area contributed by atoms with Gasteiger partial charge in [0.05, 0.1) is 49.4 Å². The number of phenols is 1. The number of ether oxygens (including phenoxy) is 4. The highest BCUT2D eigenvalue weighted by atomic mass is 16.6. The van der Waals surface area contributed by atoms with E-state index in [2.05, 4.69) is 11.8 Å². The van der Waals surface area contributed by atoms with Crippen molar-refractivity contribution in [3.63, 3.8) is 0 Å². The van der Waals surface area contributed by atoms with Crippen LogP contribution in [0.4, 0.5) is 5.82 Å². The zero-order chi connectivity index (χ0) is 40.2. The first-order valence-electron chi connectivity index (χ1n) is 19.6. The van der Waals surface area contributed by atoms with Crippen molar-refractivity contribution in [2.75, 3.05) is 37.8 Å². The van der Waals surface area contributed by atoms with Gasteiger partial charge in [-0.1, -0.05) is 60.7 Å². The summed E-state index contributed by atoms with van der Waals surface area (Å²) in [6, 6.07) is 23.8. The number of pyridine rings is 1. The maximum atomic E-state index is 13.0. The zero-order valence-electron chi connectivity index (χ0n) is 34.1. The van der Waals surface area contributed by atoms with Crippen LogP contribution in [0.1, 0.15) is 81.4 Å². The molecule has 0 spiro atoms. The third-order valence-corrected chi connectivity index (χ3v) is 10.6. The van der Waals surface area contributed by atoms with Crippen LogP contribution < -0.4 is 4.90 Å². The Kier molecular flexibility index (Phi) is 12.5. The number of rotatable bonds is 15. The molecule has 0 amide bonds. The smallest absolute Gasteiger partial charge is 0.337 e. The number of nitrogens with zero attached hydrogens (tertiary/aromatic N) is 3. The number of carboxylic acid groups (broad SMARTS) is 1. The number of carbonyl (C=O) groups is 1. The van der Waals surface area contributed by atoms with E-state index in [1.165, 1.54) is 0 Å². The summed E-state index contributed by atoms with van der Waals surface area (Å²) >= 11 is 0. The lowest BCUT2D eigenvalue weighted by molar-refractivity contribution is -0.160. The molecule has 0 saturated carbocycles. The summed E-state index contributed by atoms with van der Waals surface area (Å²) in [4.78, 5) is 20.5. The van der Waals surface area contributed by atoms with Gasteiger partial charge >= 0.3 is 5.97 Å². The summed E-state index contributed by atoms with van der Waals surface area (Å²) < 4.78 is 26.7. The van der Waals surface area contributed by atoms with Crippen molar-refractivity contribution >= 4 is 17.4 Å². The number of hydrogen-bond acceptors (Lipinski definition) is 8. The van der Waals surface area contributed by atoms with Crippen LogP contribution in [0.25, 0.3) is 28.0 Å². The molecule has 1 aliphatic rings. The molecule has 0 aliphatic carbocycles. The minimum Gasteiger partial charge on any atom is -0.507 e. The van der Waals surface area contributed by atoms with Crippen LogP contribution in [0.2, 0.25) is 0 Å². The monoisotopic (exact) mass is 763 g/mol. The summed E-state index contributed by atoms with van der Waals surface area (Å²) in [5, 5.41) is 21.4. The highest BCUT2D eigenvalue weighted by Crippen LogP contribution is 2.41. The first-order valence-corrected chi connectivity index (χ1v) is 19.6. The highest BCUT2D eigenvalue weighted by molar-refractivity contribution is 5.81. The van der Waals surface area contributed by atoms with Crippen LogP contribution in [0.5, 0.6) is 5.75 Å². The largest absolute Gasteiger partial charge is 0.507 e. The molecule has 2 aromatic heterocycles. The maximum absolute atomic E-state index is 13.0. The van der Waals surface area contributed by atoms with Crippen LogP contribution in [-0.2, 0) is 30.3 Å². The SMILES string of the molecule is Cc1ccc(-c2cccc(-c3cn4c(N5CCC(C)(OCCOCC(C)OCc6ccccc6)CC5)c(C(OC(C)(C)C)C(=O)O)c(C)c(C)c4n3)c2)c(O)c1. The fourth-order valence-corrected chi connectivity index (χ4v) is 7.36. The lowest BCUT2D eigenvalue weighted by atomic mass is 9.92. The summed E-state index contributed by atoms with van der Waals surface area (Å²) in [6.07, 6.45) is 2.23. The van der Waals surface area contributed by atoms with Gasteiger partial charge in [0.2, 0.25) is 0 Å². The second kappa shape index (κ2) is 17.2.